The monoisotopic (exact) mass is 280 g/mol. The van der Waals surface area contributed by atoms with Gasteiger partial charge in [-0.2, -0.15) is 4.98 Å². The first-order chi connectivity index (χ1) is 9.76. The van der Waals surface area contributed by atoms with E-state index >= 15 is 0 Å². The maximum Gasteiger partial charge on any atom is 0.317 e. The Morgan fingerprint density at radius 2 is 2.15 bits per heavy atom. The highest BCUT2D eigenvalue weighted by molar-refractivity contribution is 5.73. The molecule has 7 heteroatoms. The summed E-state index contributed by atoms with van der Waals surface area (Å²) in [5.74, 6) is 1.88. The zero-order chi connectivity index (χ0) is 13.9. The molecular weight excluding hydrogens is 260 g/mol. The molecule has 1 N–H and O–H groups in total. The highest BCUT2D eigenvalue weighted by Crippen LogP contribution is 2.38. The molecule has 2 heterocycles. The molecule has 1 aromatic heterocycles. The third kappa shape index (κ3) is 3.09. The Kier molecular flexibility index (Phi) is 3.86. The second-order valence-corrected chi connectivity index (χ2v) is 5.37. The number of aromatic nitrogens is 2. The van der Waals surface area contributed by atoms with Crippen LogP contribution in [0.4, 0.5) is 4.79 Å². The Labute approximate surface area is 117 Å². The maximum atomic E-state index is 11.5. The minimum Gasteiger partial charge on any atom is -0.368 e. The Balaban J connectivity index is 1.41. The van der Waals surface area contributed by atoms with Gasteiger partial charge in [-0.25, -0.2) is 4.79 Å². The van der Waals surface area contributed by atoms with Crippen molar-refractivity contribution in [3.05, 3.63) is 11.7 Å². The van der Waals surface area contributed by atoms with Gasteiger partial charge in [0.05, 0.1) is 6.10 Å². The van der Waals surface area contributed by atoms with Gasteiger partial charge in [-0.1, -0.05) is 5.16 Å². The molecule has 1 aromatic rings. The van der Waals surface area contributed by atoms with Gasteiger partial charge in [-0.3, -0.25) is 0 Å². The highest BCUT2D eigenvalue weighted by Gasteiger charge is 2.29. The normalized spacial score (nSPS) is 20.1. The van der Waals surface area contributed by atoms with Gasteiger partial charge in [-0.15, -0.1) is 0 Å². The van der Waals surface area contributed by atoms with Crippen molar-refractivity contribution in [3.63, 3.8) is 0 Å². The van der Waals surface area contributed by atoms with Crippen molar-refractivity contribution in [2.24, 2.45) is 0 Å². The lowest BCUT2D eigenvalue weighted by Gasteiger charge is -2.31. The minimum atomic E-state index is -0.0190. The Morgan fingerprint density at radius 3 is 2.80 bits per heavy atom. The molecule has 0 unspecified atom stereocenters. The zero-order valence-electron chi connectivity index (χ0n) is 11.7. The maximum absolute atomic E-state index is 11.5. The average Bonchev–Trinajstić information content (AvgIpc) is 3.24. The van der Waals surface area contributed by atoms with Gasteiger partial charge in [0.25, 0.3) is 5.89 Å². The van der Waals surface area contributed by atoms with E-state index in [1.54, 1.807) is 11.9 Å². The molecule has 1 aliphatic heterocycles. The smallest absolute Gasteiger partial charge is 0.317 e. The highest BCUT2D eigenvalue weighted by atomic mass is 16.5. The van der Waals surface area contributed by atoms with Crippen LogP contribution in [0, 0.1) is 0 Å². The SMILES string of the molecule is CNC(=O)N1CCC(OCc2nc(C3CC3)no2)CC1. The number of amides is 2. The third-order valence-electron chi connectivity index (χ3n) is 3.81. The molecule has 0 atom stereocenters. The van der Waals surface area contributed by atoms with E-state index in [2.05, 4.69) is 15.5 Å². The number of carbonyl (C=O) groups is 1. The number of urea groups is 1. The van der Waals surface area contributed by atoms with Gasteiger partial charge < -0.3 is 19.5 Å². The summed E-state index contributed by atoms with van der Waals surface area (Å²) in [6, 6.07) is -0.0190. The lowest BCUT2D eigenvalue weighted by molar-refractivity contribution is -0.00600. The third-order valence-corrected chi connectivity index (χ3v) is 3.81. The molecular formula is C13H20N4O3. The van der Waals surface area contributed by atoms with Crippen LogP contribution < -0.4 is 5.32 Å². The van der Waals surface area contributed by atoms with E-state index in [0.717, 1.165) is 44.6 Å². The van der Waals surface area contributed by atoms with E-state index in [4.69, 9.17) is 9.26 Å². The van der Waals surface area contributed by atoms with Crippen LogP contribution in [0.25, 0.3) is 0 Å². The topological polar surface area (TPSA) is 80.5 Å². The number of nitrogens with zero attached hydrogens (tertiary/aromatic N) is 3. The zero-order valence-corrected chi connectivity index (χ0v) is 11.7. The van der Waals surface area contributed by atoms with Crippen molar-refractivity contribution in [2.75, 3.05) is 20.1 Å². The van der Waals surface area contributed by atoms with Gasteiger partial charge >= 0.3 is 6.03 Å². The van der Waals surface area contributed by atoms with Crippen LogP contribution in [-0.4, -0.2) is 47.3 Å². The first-order valence-corrected chi connectivity index (χ1v) is 7.17. The van der Waals surface area contributed by atoms with Gasteiger partial charge in [-0.05, 0) is 25.7 Å². The van der Waals surface area contributed by atoms with Crippen LogP contribution in [0.15, 0.2) is 4.52 Å². The fourth-order valence-corrected chi connectivity index (χ4v) is 2.41. The van der Waals surface area contributed by atoms with Gasteiger partial charge in [0.2, 0.25) is 0 Å². The summed E-state index contributed by atoms with van der Waals surface area (Å²) < 4.78 is 11.0. The van der Waals surface area contributed by atoms with Crippen LogP contribution in [0.3, 0.4) is 0 Å². The van der Waals surface area contributed by atoms with Crippen LogP contribution in [0.5, 0.6) is 0 Å². The molecule has 0 aromatic carbocycles. The minimum absolute atomic E-state index is 0.0190. The van der Waals surface area contributed by atoms with Crippen LogP contribution in [0.1, 0.15) is 43.3 Å². The molecule has 3 rings (SSSR count). The first-order valence-electron chi connectivity index (χ1n) is 7.17. The lowest BCUT2D eigenvalue weighted by atomic mass is 10.1. The molecule has 0 bridgehead atoms. The molecule has 0 spiro atoms. The van der Waals surface area contributed by atoms with E-state index in [0.29, 0.717) is 18.4 Å². The summed E-state index contributed by atoms with van der Waals surface area (Å²) in [4.78, 5) is 17.6. The molecule has 1 saturated heterocycles. The Hall–Kier alpha value is -1.63. The number of piperidine rings is 1. The molecule has 0 radical (unpaired) electrons. The number of hydrogen-bond acceptors (Lipinski definition) is 5. The van der Waals surface area contributed by atoms with Crippen molar-refractivity contribution in [3.8, 4) is 0 Å². The standard InChI is InChI=1S/C13H20N4O3/c1-14-13(18)17-6-4-10(5-7-17)19-8-11-15-12(16-20-11)9-2-3-9/h9-10H,2-8H2,1H3,(H,14,18). The van der Waals surface area contributed by atoms with Crippen LogP contribution >= 0.6 is 0 Å². The van der Waals surface area contributed by atoms with Gasteiger partial charge in [0.1, 0.15) is 6.61 Å². The molecule has 1 aliphatic carbocycles. The Morgan fingerprint density at radius 1 is 1.40 bits per heavy atom. The molecule has 1 saturated carbocycles. The lowest BCUT2D eigenvalue weighted by Crippen LogP contribution is -2.44. The number of carbonyl (C=O) groups excluding carboxylic acids is 1. The van der Waals surface area contributed by atoms with Crippen molar-refractivity contribution in [1.29, 1.82) is 0 Å². The first kappa shape index (κ1) is 13.4. The molecule has 2 aliphatic rings. The van der Waals surface area contributed by atoms with Crippen molar-refractivity contribution in [1.82, 2.24) is 20.4 Å². The predicted molar refractivity (Wildman–Crippen MR) is 70.1 cm³/mol. The molecule has 7 nitrogen and oxygen atoms in total. The number of likely N-dealkylation sites (tertiary alicyclic amines) is 1. The van der Waals surface area contributed by atoms with E-state index in [9.17, 15) is 4.79 Å². The molecule has 110 valence electrons. The molecule has 2 fully saturated rings. The summed E-state index contributed by atoms with van der Waals surface area (Å²) >= 11 is 0. The van der Waals surface area contributed by atoms with E-state index in [-0.39, 0.29) is 12.1 Å². The average molecular weight is 280 g/mol. The van der Waals surface area contributed by atoms with Crippen molar-refractivity contribution in [2.45, 2.75) is 44.3 Å². The number of hydrogen-bond donors (Lipinski definition) is 1. The number of nitrogens with one attached hydrogen (secondary N) is 1. The predicted octanol–water partition coefficient (Wildman–Crippen LogP) is 1.27. The fourth-order valence-electron chi connectivity index (χ4n) is 2.41. The van der Waals surface area contributed by atoms with Crippen molar-refractivity contribution >= 4 is 6.03 Å². The quantitative estimate of drug-likeness (QED) is 0.898. The fraction of sp³-hybridized carbons (Fsp3) is 0.769. The van der Waals surface area contributed by atoms with E-state index in [1.165, 1.54) is 0 Å². The second kappa shape index (κ2) is 5.78. The second-order valence-electron chi connectivity index (χ2n) is 5.37. The van der Waals surface area contributed by atoms with Crippen molar-refractivity contribution < 1.29 is 14.1 Å². The van der Waals surface area contributed by atoms with E-state index < -0.39 is 0 Å². The molecule has 2 amide bonds. The molecule has 20 heavy (non-hydrogen) atoms. The van der Waals surface area contributed by atoms with E-state index in [1.807, 2.05) is 0 Å². The largest absolute Gasteiger partial charge is 0.368 e. The van der Waals surface area contributed by atoms with Crippen LogP contribution in [-0.2, 0) is 11.3 Å². The van der Waals surface area contributed by atoms with Gasteiger partial charge in [0.15, 0.2) is 5.82 Å². The summed E-state index contributed by atoms with van der Waals surface area (Å²) in [6.45, 7) is 1.81. The number of rotatable bonds is 4. The summed E-state index contributed by atoms with van der Waals surface area (Å²) in [7, 11) is 1.65. The number of ether oxygens (including phenoxy) is 1. The summed E-state index contributed by atoms with van der Waals surface area (Å²) in [5, 5.41) is 6.60. The Bertz CT molecular complexity index is 464. The van der Waals surface area contributed by atoms with Crippen LogP contribution in [0.2, 0.25) is 0 Å². The van der Waals surface area contributed by atoms with Gasteiger partial charge in [0, 0.05) is 26.1 Å². The summed E-state index contributed by atoms with van der Waals surface area (Å²) in [5.41, 5.74) is 0. The summed E-state index contributed by atoms with van der Waals surface area (Å²) in [6.07, 6.45) is 4.18.